The van der Waals surface area contributed by atoms with Crippen LogP contribution in [0.1, 0.15) is 10.4 Å². The Balaban J connectivity index is 1.52. The number of aromatic nitrogens is 3. The summed E-state index contributed by atoms with van der Waals surface area (Å²) in [6.45, 7) is 3.17. The number of rotatable bonds is 4. The van der Waals surface area contributed by atoms with Gasteiger partial charge in [0.15, 0.2) is 0 Å². The van der Waals surface area contributed by atoms with Crippen LogP contribution in [0.25, 0.3) is 5.69 Å². The van der Waals surface area contributed by atoms with E-state index in [0.717, 1.165) is 18.8 Å². The molecule has 0 radical (unpaired) electrons. The maximum absolute atomic E-state index is 12.2. The standard InChI is InChI=1S/C16H20N6O2/c1-20-6-8-21(9-7-20)15(23)10-17-16(24)13-2-4-14(5-3-13)22-11-18-19-12-22/h2-5,11-12H,6-10H2,1H3,(H,17,24). The van der Waals surface area contributed by atoms with Gasteiger partial charge in [0.05, 0.1) is 6.54 Å². The van der Waals surface area contributed by atoms with Crippen LogP contribution >= 0.6 is 0 Å². The van der Waals surface area contributed by atoms with Crippen LogP contribution in [0.15, 0.2) is 36.9 Å². The average molecular weight is 328 g/mol. The van der Waals surface area contributed by atoms with Crippen molar-refractivity contribution < 1.29 is 9.59 Å². The lowest BCUT2D eigenvalue weighted by Gasteiger charge is -2.32. The van der Waals surface area contributed by atoms with E-state index in [1.807, 2.05) is 7.05 Å². The maximum atomic E-state index is 12.2. The third-order valence-corrected chi connectivity index (χ3v) is 4.10. The molecule has 1 aromatic carbocycles. The van der Waals surface area contributed by atoms with Crippen LogP contribution in [-0.4, -0.2) is 76.2 Å². The Hall–Kier alpha value is -2.74. The Kier molecular flexibility index (Phi) is 4.85. The average Bonchev–Trinajstić information content (AvgIpc) is 3.15. The van der Waals surface area contributed by atoms with Crippen LogP contribution < -0.4 is 5.32 Å². The summed E-state index contributed by atoms with van der Waals surface area (Å²) >= 11 is 0. The number of nitrogens with zero attached hydrogens (tertiary/aromatic N) is 5. The Bertz CT molecular complexity index is 690. The van der Waals surface area contributed by atoms with Gasteiger partial charge in [-0.15, -0.1) is 10.2 Å². The molecule has 2 aromatic rings. The Morgan fingerprint density at radius 2 is 1.67 bits per heavy atom. The molecule has 1 fully saturated rings. The monoisotopic (exact) mass is 328 g/mol. The number of carbonyl (C=O) groups excluding carboxylic acids is 2. The Labute approximate surface area is 140 Å². The molecule has 2 heterocycles. The normalized spacial score (nSPS) is 15.3. The highest BCUT2D eigenvalue weighted by atomic mass is 16.2. The Morgan fingerprint density at radius 3 is 2.29 bits per heavy atom. The fraction of sp³-hybridized carbons (Fsp3) is 0.375. The molecule has 1 aliphatic rings. The van der Waals surface area contributed by atoms with Crippen LogP contribution in [0.5, 0.6) is 0 Å². The largest absolute Gasteiger partial charge is 0.343 e. The van der Waals surface area contributed by atoms with Crippen molar-refractivity contribution >= 4 is 11.8 Å². The molecule has 1 aliphatic heterocycles. The lowest BCUT2D eigenvalue weighted by atomic mass is 10.2. The fourth-order valence-electron chi connectivity index (χ4n) is 2.54. The summed E-state index contributed by atoms with van der Waals surface area (Å²) in [4.78, 5) is 28.3. The molecule has 1 N–H and O–H groups in total. The number of amides is 2. The summed E-state index contributed by atoms with van der Waals surface area (Å²) in [7, 11) is 2.03. The van der Waals surface area contributed by atoms with E-state index in [9.17, 15) is 9.59 Å². The van der Waals surface area contributed by atoms with Crippen LogP contribution in [0.2, 0.25) is 0 Å². The summed E-state index contributed by atoms with van der Waals surface area (Å²) in [6.07, 6.45) is 3.17. The molecule has 24 heavy (non-hydrogen) atoms. The summed E-state index contributed by atoms with van der Waals surface area (Å²) in [5, 5.41) is 10.2. The second-order valence-electron chi connectivity index (χ2n) is 5.78. The van der Waals surface area contributed by atoms with E-state index in [4.69, 9.17) is 0 Å². The van der Waals surface area contributed by atoms with Crippen LogP contribution in [0, 0.1) is 0 Å². The van der Waals surface area contributed by atoms with Crippen molar-refractivity contribution in [1.82, 2.24) is 29.9 Å². The van der Waals surface area contributed by atoms with Crippen LogP contribution in [-0.2, 0) is 4.79 Å². The zero-order valence-electron chi connectivity index (χ0n) is 13.6. The summed E-state index contributed by atoms with van der Waals surface area (Å²) in [5.74, 6) is -0.301. The van der Waals surface area contributed by atoms with Crippen LogP contribution in [0.3, 0.4) is 0 Å². The van der Waals surface area contributed by atoms with Gasteiger partial charge in [-0.3, -0.25) is 14.2 Å². The molecule has 0 spiro atoms. The van der Waals surface area contributed by atoms with E-state index in [0.29, 0.717) is 18.7 Å². The maximum Gasteiger partial charge on any atom is 0.251 e. The summed E-state index contributed by atoms with van der Waals surface area (Å²) < 4.78 is 1.75. The van der Waals surface area contributed by atoms with E-state index < -0.39 is 0 Å². The van der Waals surface area contributed by atoms with Crippen molar-refractivity contribution in [3.63, 3.8) is 0 Å². The predicted molar refractivity (Wildman–Crippen MR) is 87.8 cm³/mol. The van der Waals surface area contributed by atoms with E-state index >= 15 is 0 Å². The highest BCUT2D eigenvalue weighted by molar-refractivity contribution is 5.96. The first-order valence-corrected chi connectivity index (χ1v) is 7.83. The molecule has 0 atom stereocenters. The third-order valence-electron chi connectivity index (χ3n) is 4.10. The van der Waals surface area contributed by atoms with Gasteiger partial charge in [0.25, 0.3) is 5.91 Å². The summed E-state index contributed by atoms with van der Waals surface area (Å²) in [6, 6.07) is 7.04. The van der Waals surface area contributed by atoms with Gasteiger partial charge in [-0.25, -0.2) is 0 Å². The number of nitrogens with one attached hydrogen (secondary N) is 1. The van der Waals surface area contributed by atoms with Crippen molar-refractivity contribution in [2.75, 3.05) is 39.8 Å². The lowest BCUT2D eigenvalue weighted by molar-refractivity contribution is -0.131. The van der Waals surface area contributed by atoms with Gasteiger partial charge in [-0.05, 0) is 31.3 Å². The smallest absolute Gasteiger partial charge is 0.251 e. The Morgan fingerprint density at radius 1 is 1.04 bits per heavy atom. The minimum atomic E-state index is -0.257. The second kappa shape index (κ2) is 7.22. The van der Waals surface area contributed by atoms with Gasteiger partial charge in [0.2, 0.25) is 5.91 Å². The third kappa shape index (κ3) is 3.77. The number of carbonyl (C=O) groups is 2. The van der Waals surface area contributed by atoms with Crippen LogP contribution in [0.4, 0.5) is 0 Å². The van der Waals surface area contributed by atoms with Crippen molar-refractivity contribution in [2.45, 2.75) is 0 Å². The molecule has 1 aromatic heterocycles. The topological polar surface area (TPSA) is 83.4 Å². The second-order valence-corrected chi connectivity index (χ2v) is 5.78. The number of likely N-dealkylation sites (N-methyl/N-ethyl adjacent to an activating group) is 1. The highest BCUT2D eigenvalue weighted by Gasteiger charge is 2.19. The van der Waals surface area contributed by atoms with E-state index in [1.165, 1.54) is 0 Å². The number of piperazine rings is 1. The fourth-order valence-corrected chi connectivity index (χ4v) is 2.54. The molecule has 0 saturated carbocycles. The first-order valence-electron chi connectivity index (χ1n) is 7.83. The zero-order chi connectivity index (χ0) is 16.9. The van der Waals surface area contributed by atoms with Gasteiger partial charge in [0.1, 0.15) is 12.7 Å². The number of hydrogen-bond donors (Lipinski definition) is 1. The first-order chi connectivity index (χ1) is 11.6. The van der Waals surface area contributed by atoms with Gasteiger partial charge >= 0.3 is 0 Å². The molecular weight excluding hydrogens is 308 g/mol. The molecule has 2 amide bonds. The van der Waals surface area contributed by atoms with Crippen molar-refractivity contribution in [3.8, 4) is 5.69 Å². The van der Waals surface area contributed by atoms with Gasteiger partial charge < -0.3 is 15.1 Å². The zero-order valence-corrected chi connectivity index (χ0v) is 13.6. The van der Waals surface area contributed by atoms with E-state index in [-0.39, 0.29) is 18.4 Å². The highest BCUT2D eigenvalue weighted by Crippen LogP contribution is 2.08. The molecule has 126 valence electrons. The molecule has 8 nitrogen and oxygen atoms in total. The quantitative estimate of drug-likeness (QED) is 0.838. The molecule has 8 heteroatoms. The van der Waals surface area contributed by atoms with Gasteiger partial charge in [-0.1, -0.05) is 0 Å². The number of hydrogen-bond acceptors (Lipinski definition) is 5. The molecule has 0 bridgehead atoms. The number of benzene rings is 1. The molecule has 0 aliphatic carbocycles. The summed E-state index contributed by atoms with van der Waals surface area (Å²) in [5.41, 5.74) is 1.38. The minimum Gasteiger partial charge on any atom is -0.343 e. The van der Waals surface area contributed by atoms with Crippen molar-refractivity contribution in [2.24, 2.45) is 0 Å². The molecular formula is C16H20N6O2. The van der Waals surface area contributed by atoms with Gasteiger partial charge in [0, 0.05) is 37.4 Å². The SMILES string of the molecule is CN1CCN(C(=O)CNC(=O)c2ccc(-n3cnnc3)cc2)CC1. The van der Waals surface area contributed by atoms with E-state index in [2.05, 4.69) is 20.4 Å². The molecule has 3 rings (SSSR count). The van der Waals surface area contributed by atoms with Crippen molar-refractivity contribution in [1.29, 1.82) is 0 Å². The molecule has 0 unspecified atom stereocenters. The van der Waals surface area contributed by atoms with E-state index in [1.54, 1.807) is 46.4 Å². The molecule has 1 saturated heterocycles. The lowest BCUT2D eigenvalue weighted by Crippen LogP contribution is -2.50. The predicted octanol–water partition coefficient (Wildman–Crippen LogP) is -0.229. The van der Waals surface area contributed by atoms with Gasteiger partial charge in [-0.2, -0.15) is 0 Å². The van der Waals surface area contributed by atoms with Crippen molar-refractivity contribution in [3.05, 3.63) is 42.5 Å². The minimum absolute atomic E-state index is 0.0236. The first kappa shape index (κ1) is 16.1.